The SMILES string of the molecule is N#C[C@@](OC(=O)CO)(c1ccccc1)C1CCC1. The van der Waals surface area contributed by atoms with Crippen molar-refractivity contribution in [3.05, 3.63) is 35.9 Å². The van der Waals surface area contributed by atoms with Crippen molar-refractivity contribution in [3.8, 4) is 6.07 Å². The molecule has 0 heterocycles. The van der Waals surface area contributed by atoms with Crippen molar-refractivity contribution in [2.45, 2.75) is 24.9 Å². The zero-order valence-electron chi connectivity index (χ0n) is 10.0. The number of nitrogens with zero attached hydrogens (tertiary/aromatic N) is 1. The monoisotopic (exact) mass is 245 g/mol. The molecule has 1 aromatic carbocycles. The molecule has 0 saturated heterocycles. The van der Waals surface area contributed by atoms with Gasteiger partial charge < -0.3 is 9.84 Å². The molecule has 0 spiro atoms. The van der Waals surface area contributed by atoms with E-state index in [1.54, 1.807) is 12.1 Å². The van der Waals surface area contributed by atoms with Gasteiger partial charge in [0, 0.05) is 11.5 Å². The summed E-state index contributed by atoms with van der Waals surface area (Å²) in [7, 11) is 0. The molecule has 2 rings (SSSR count). The van der Waals surface area contributed by atoms with Crippen molar-refractivity contribution in [1.82, 2.24) is 0 Å². The van der Waals surface area contributed by atoms with Crippen LogP contribution in [0.1, 0.15) is 24.8 Å². The zero-order valence-corrected chi connectivity index (χ0v) is 10.0. The van der Waals surface area contributed by atoms with Crippen LogP contribution in [-0.4, -0.2) is 17.7 Å². The molecule has 1 N–H and O–H groups in total. The molecule has 4 heteroatoms. The predicted molar refractivity (Wildman–Crippen MR) is 64.3 cm³/mol. The molecule has 0 unspecified atom stereocenters. The second-order valence-electron chi connectivity index (χ2n) is 4.47. The lowest BCUT2D eigenvalue weighted by Crippen LogP contribution is -2.42. The lowest BCUT2D eigenvalue weighted by atomic mass is 9.70. The van der Waals surface area contributed by atoms with Crippen molar-refractivity contribution >= 4 is 5.97 Å². The molecule has 18 heavy (non-hydrogen) atoms. The highest BCUT2D eigenvalue weighted by atomic mass is 16.6. The van der Waals surface area contributed by atoms with Gasteiger partial charge in [-0.3, -0.25) is 0 Å². The number of hydrogen-bond donors (Lipinski definition) is 1. The maximum Gasteiger partial charge on any atom is 0.333 e. The summed E-state index contributed by atoms with van der Waals surface area (Å²) in [6, 6.07) is 11.2. The third kappa shape index (κ3) is 2.09. The quantitative estimate of drug-likeness (QED) is 0.820. The van der Waals surface area contributed by atoms with E-state index in [-0.39, 0.29) is 5.92 Å². The summed E-state index contributed by atoms with van der Waals surface area (Å²) < 4.78 is 5.28. The van der Waals surface area contributed by atoms with E-state index in [9.17, 15) is 10.1 Å². The summed E-state index contributed by atoms with van der Waals surface area (Å²) in [6.07, 6.45) is 2.76. The van der Waals surface area contributed by atoms with Gasteiger partial charge in [0.15, 0.2) is 0 Å². The van der Waals surface area contributed by atoms with E-state index in [1.165, 1.54) is 0 Å². The summed E-state index contributed by atoms with van der Waals surface area (Å²) in [5.74, 6) is -0.743. The summed E-state index contributed by atoms with van der Waals surface area (Å²) in [4.78, 5) is 11.4. The fourth-order valence-corrected chi connectivity index (χ4v) is 2.27. The van der Waals surface area contributed by atoms with Crippen molar-refractivity contribution in [2.24, 2.45) is 5.92 Å². The summed E-state index contributed by atoms with van der Waals surface area (Å²) >= 11 is 0. The van der Waals surface area contributed by atoms with Crippen LogP contribution in [0, 0.1) is 17.2 Å². The van der Waals surface area contributed by atoms with E-state index < -0.39 is 18.2 Å². The van der Waals surface area contributed by atoms with Gasteiger partial charge in [-0.1, -0.05) is 36.8 Å². The maximum absolute atomic E-state index is 11.4. The minimum absolute atomic E-state index is 0.0143. The molecule has 1 saturated carbocycles. The van der Waals surface area contributed by atoms with E-state index >= 15 is 0 Å². The molecule has 1 aliphatic rings. The molecule has 1 aliphatic carbocycles. The lowest BCUT2D eigenvalue weighted by Gasteiger charge is -2.39. The molecule has 0 aliphatic heterocycles. The van der Waals surface area contributed by atoms with Crippen LogP contribution in [0.3, 0.4) is 0 Å². The van der Waals surface area contributed by atoms with E-state index in [0.29, 0.717) is 5.56 Å². The zero-order chi connectivity index (χ0) is 13.0. The van der Waals surface area contributed by atoms with Crippen molar-refractivity contribution in [1.29, 1.82) is 5.26 Å². The van der Waals surface area contributed by atoms with Crippen LogP contribution in [-0.2, 0) is 15.1 Å². The molecule has 0 aromatic heterocycles. The normalized spacial score (nSPS) is 18.2. The Labute approximate surface area is 106 Å². The molecule has 0 bridgehead atoms. The second kappa shape index (κ2) is 5.19. The smallest absolute Gasteiger partial charge is 0.333 e. The highest BCUT2D eigenvalue weighted by molar-refractivity contribution is 5.71. The number of esters is 1. The third-order valence-corrected chi connectivity index (χ3v) is 3.45. The molecule has 0 amide bonds. The minimum Gasteiger partial charge on any atom is -0.437 e. The van der Waals surface area contributed by atoms with E-state index in [1.807, 2.05) is 18.2 Å². The van der Waals surface area contributed by atoms with Crippen LogP contribution in [0.25, 0.3) is 0 Å². The first-order valence-electron chi connectivity index (χ1n) is 6.02. The Morgan fingerprint density at radius 1 is 1.44 bits per heavy atom. The maximum atomic E-state index is 11.4. The Bertz CT molecular complexity index is 462. The molecular formula is C14H15NO3. The Balaban J connectivity index is 2.38. The van der Waals surface area contributed by atoms with E-state index in [2.05, 4.69) is 6.07 Å². The summed E-state index contributed by atoms with van der Waals surface area (Å²) in [5, 5.41) is 18.3. The van der Waals surface area contributed by atoms with Crippen molar-refractivity contribution in [2.75, 3.05) is 6.61 Å². The van der Waals surface area contributed by atoms with E-state index in [0.717, 1.165) is 19.3 Å². The average Bonchev–Trinajstić information content (AvgIpc) is 2.36. The van der Waals surface area contributed by atoms with Crippen molar-refractivity contribution < 1.29 is 14.6 Å². The second-order valence-corrected chi connectivity index (χ2v) is 4.47. The van der Waals surface area contributed by atoms with Crippen molar-refractivity contribution in [3.63, 3.8) is 0 Å². The van der Waals surface area contributed by atoms with E-state index in [4.69, 9.17) is 9.84 Å². The molecule has 94 valence electrons. The average molecular weight is 245 g/mol. The predicted octanol–water partition coefficient (Wildman–Crippen LogP) is 1.74. The standard InChI is InChI=1S/C14H15NO3/c15-10-14(12-7-4-8-12,18-13(17)9-16)11-5-2-1-3-6-11/h1-3,5-6,12,16H,4,7-9H2/t14-/m1/s1. The molecule has 0 radical (unpaired) electrons. The van der Waals surface area contributed by atoms with Gasteiger partial charge in [0.2, 0.25) is 5.60 Å². The van der Waals surface area contributed by atoms with Gasteiger partial charge in [-0.05, 0) is 12.8 Å². The fraction of sp³-hybridized carbons (Fsp3) is 0.429. The van der Waals surface area contributed by atoms with Crippen LogP contribution in [0.4, 0.5) is 0 Å². The molecule has 4 nitrogen and oxygen atoms in total. The number of nitriles is 1. The Hall–Kier alpha value is -1.86. The highest BCUT2D eigenvalue weighted by Crippen LogP contribution is 2.44. The number of benzene rings is 1. The number of hydrogen-bond acceptors (Lipinski definition) is 4. The summed E-state index contributed by atoms with van der Waals surface area (Å²) in [6.45, 7) is -0.705. The molecule has 1 atom stereocenters. The van der Waals surface area contributed by atoms with Crippen LogP contribution in [0.15, 0.2) is 30.3 Å². The first-order chi connectivity index (χ1) is 8.73. The van der Waals surface area contributed by atoms with Gasteiger partial charge >= 0.3 is 5.97 Å². The van der Waals surface area contributed by atoms with Crippen LogP contribution in [0.5, 0.6) is 0 Å². The summed E-state index contributed by atoms with van der Waals surface area (Å²) in [5.41, 5.74) is -0.571. The van der Waals surface area contributed by atoms with Gasteiger partial charge in [-0.25, -0.2) is 4.79 Å². The number of aliphatic hydroxyl groups excluding tert-OH is 1. The number of ether oxygens (including phenoxy) is 1. The number of carbonyl (C=O) groups excluding carboxylic acids is 1. The Morgan fingerprint density at radius 3 is 2.56 bits per heavy atom. The third-order valence-electron chi connectivity index (χ3n) is 3.45. The van der Waals surface area contributed by atoms with Crippen LogP contribution in [0.2, 0.25) is 0 Å². The van der Waals surface area contributed by atoms with Crippen LogP contribution < -0.4 is 0 Å². The van der Waals surface area contributed by atoms with Crippen LogP contribution >= 0.6 is 0 Å². The number of rotatable bonds is 4. The van der Waals surface area contributed by atoms with Gasteiger partial charge in [-0.2, -0.15) is 5.26 Å². The Kier molecular flexibility index (Phi) is 3.63. The fourth-order valence-electron chi connectivity index (χ4n) is 2.27. The van der Waals surface area contributed by atoms with Gasteiger partial charge in [0.25, 0.3) is 0 Å². The Morgan fingerprint density at radius 2 is 2.11 bits per heavy atom. The van der Waals surface area contributed by atoms with Gasteiger partial charge in [0.05, 0.1) is 0 Å². The topological polar surface area (TPSA) is 70.3 Å². The number of carbonyl (C=O) groups is 1. The van der Waals surface area contributed by atoms with Gasteiger partial charge in [-0.15, -0.1) is 0 Å². The largest absolute Gasteiger partial charge is 0.437 e. The minimum atomic E-state index is -1.25. The number of aliphatic hydroxyl groups is 1. The highest BCUT2D eigenvalue weighted by Gasteiger charge is 2.47. The molecule has 1 aromatic rings. The first-order valence-corrected chi connectivity index (χ1v) is 6.02. The molecular weight excluding hydrogens is 230 g/mol. The lowest BCUT2D eigenvalue weighted by molar-refractivity contribution is -0.167. The molecule has 1 fully saturated rings. The first kappa shape index (κ1) is 12.6. The van der Waals surface area contributed by atoms with Gasteiger partial charge in [0.1, 0.15) is 12.7 Å².